The van der Waals surface area contributed by atoms with Gasteiger partial charge in [0.15, 0.2) is 0 Å². The lowest BCUT2D eigenvalue weighted by atomic mass is 9.93. The molecule has 2 N–H and O–H groups in total. The van der Waals surface area contributed by atoms with Crippen molar-refractivity contribution in [3.63, 3.8) is 0 Å². The van der Waals surface area contributed by atoms with Gasteiger partial charge in [-0.2, -0.15) is 0 Å². The Labute approximate surface area is 174 Å². The van der Waals surface area contributed by atoms with E-state index in [1.165, 1.54) is 12.1 Å². The number of ether oxygens (including phenoxy) is 1. The van der Waals surface area contributed by atoms with Crippen molar-refractivity contribution in [2.24, 2.45) is 5.92 Å². The number of carbonyl (C=O) groups is 1. The lowest BCUT2D eigenvalue weighted by molar-refractivity contribution is -0.132. The molecule has 0 aliphatic carbocycles. The molecule has 0 aromatic heterocycles. The first-order valence-corrected chi connectivity index (χ1v) is 11.1. The molecule has 0 radical (unpaired) electrons. The third-order valence-electron chi connectivity index (χ3n) is 4.85. The molecule has 1 aliphatic heterocycles. The van der Waals surface area contributed by atoms with Gasteiger partial charge in [0, 0.05) is 26.1 Å². The maximum atomic E-state index is 12.3. The van der Waals surface area contributed by atoms with E-state index in [-0.39, 0.29) is 36.2 Å². The molecule has 1 aromatic carbocycles. The van der Waals surface area contributed by atoms with E-state index in [9.17, 15) is 13.2 Å². The molecule has 7 nitrogen and oxygen atoms in total. The maximum absolute atomic E-state index is 12.3. The first-order valence-electron chi connectivity index (χ1n) is 9.61. The van der Waals surface area contributed by atoms with Gasteiger partial charge in [0.25, 0.3) is 0 Å². The van der Waals surface area contributed by atoms with Crippen molar-refractivity contribution in [1.29, 1.82) is 0 Å². The summed E-state index contributed by atoms with van der Waals surface area (Å²) >= 11 is 0. The van der Waals surface area contributed by atoms with Gasteiger partial charge in [0.05, 0.1) is 11.5 Å². The van der Waals surface area contributed by atoms with Crippen LogP contribution in [0.15, 0.2) is 29.2 Å². The molecule has 1 fully saturated rings. The number of amides is 1. The highest BCUT2D eigenvalue weighted by atomic mass is 35.5. The molecule has 2 rings (SSSR count). The molecule has 1 amide bonds. The first-order chi connectivity index (χ1) is 13.0. The summed E-state index contributed by atoms with van der Waals surface area (Å²) in [7, 11) is -1.67. The van der Waals surface area contributed by atoms with Gasteiger partial charge in [-0.25, -0.2) is 13.1 Å². The van der Waals surface area contributed by atoms with Crippen LogP contribution < -0.4 is 14.8 Å². The van der Waals surface area contributed by atoms with Gasteiger partial charge in [-0.15, -0.1) is 12.4 Å². The molecule has 160 valence electrons. The summed E-state index contributed by atoms with van der Waals surface area (Å²) in [6.07, 6.45) is 3.36. The molecule has 1 saturated heterocycles. The number of halogens is 1. The topological polar surface area (TPSA) is 87.7 Å². The van der Waals surface area contributed by atoms with Crippen molar-refractivity contribution in [2.45, 2.75) is 37.5 Å². The van der Waals surface area contributed by atoms with Crippen molar-refractivity contribution < 1.29 is 17.9 Å². The number of nitrogens with zero attached hydrogens (tertiary/aromatic N) is 1. The van der Waals surface area contributed by atoms with Crippen molar-refractivity contribution >= 4 is 28.3 Å². The Kier molecular flexibility index (Phi) is 10.8. The van der Waals surface area contributed by atoms with E-state index in [0.717, 1.165) is 38.9 Å². The lowest BCUT2D eigenvalue weighted by Gasteiger charge is -2.32. The molecule has 0 bridgehead atoms. The zero-order chi connectivity index (χ0) is 19.7. The van der Waals surface area contributed by atoms with E-state index in [1.54, 1.807) is 12.1 Å². The molecule has 9 heteroatoms. The molecule has 0 unspecified atom stereocenters. The minimum absolute atomic E-state index is 0. The van der Waals surface area contributed by atoms with Crippen LogP contribution in [0.5, 0.6) is 5.75 Å². The summed E-state index contributed by atoms with van der Waals surface area (Å²) in [5.74, 6) is 1.31. The van der Waals surface area contributed by atoms with Crippen molar-refractivity contribution in [3.05, 3.63) is 24.3 Å². The summed E-state index contributed by atoms with van der Waals surface area (Å²) < 4.78 is 32.5. The average Bonchev–Trinajstić information content (AvgIpc) is 2.67. The largest absolute Gasteiger partial charge is 0.494 e. The second-order valence-electron chi connectivity index (χ2n) is 6.77. The average molecular weight is 434 g/mol. The zero-order valence-electron chi connectivity index (χ0n) is 16.6. The lowest BCUT2D eigenvalue weighted by Crippen LogP contribution is -2.40. The molecule has 1 aliphatic rings. The quantitative estimate of drug-likeness (QED) is 0.589. The van der Waals surface area contributed by atoms with E-state index in [4.69, 9.17) is 4.74 Å². The molecule has 0 spiro atoms. The fraction of sp³-hybridized carbons (Fsp3) is 0.632. The van der Waals surface area contributed by atoms with Crippen molar-refractivity contribution in [3.8, 4) is 5.75 Å². The monoisotopic (exact) mass is 433 g/mol. The Balaban J connectivity index is 0.00000392. The third kappa shape index (κ3) is 7.58. The Morgan fingerprint density at radius 3 is 2.39 bits per heavy atom. The van der Waals surface area contributed by atoms with E-state index >= 15 is 0 Å². The van der Waals surface area contributed by atoms with Gasteiger partial charge in [-0.3, -0.25) is 4.79 Å². The van der Waals surface area contributed by atoms with Gasteiger partial charge in [-0.05, 0) is 70.0 Å². The third-order valence-corrected chi connectivity index (χ3v) is 6.32. The minimum Gasteiger partial charge on any atom is -0.494 e. The number of carbonyl (C=O) groups excluding carboxylic acids is 1. The van der Waals surface area contributed by atoms with Crippen LogP contribution >= 0.6 is 12.4 Å². The normalized spacial score (nSPS) is 15.1. The number of piperidine rings is 1. The number of sulfonamides is 1. The summed E-state index contributed by atoms with van der Waals surface area (Å²) in [6, 6.07) is 6.26. The minimum atomic E-state index is -3.62. The van der Waals surface area contributed by atoms with Crippen LogP contribution in [0, 0.1) is 5.92 Å². The van der Waals surface area contributed by atoms with Gasteiger partial charge in [-0.1, -0.05) is 0 Å². The SMILES string of the molecule is CCOc1ccc(S(=O)(=O)NCCC(=O)N2CCC(CCNC)CC2)cc1.Cl. The summed E-state index contributed by atoms with van der Waals surface area (Å²) in [4.78, 5) is 14.3. The maximum Gasteiger partial charge on any atom is 0.240 e. The van der Waals surface area contributed by atoms with Crippen LogP contribution in [-0.4, -0.2) is 59.1 Å². The summed E-state index contributed by atoms with van der Waals surface area (Å²) in [5.41, 5.74) is 0. The zero-order valence-corrected chi connectivity index (χ0v) is 18.3. The van der Waals surface area contributed by atoms with Crippen LogP contribution in [0.25, 0.3) is 0 Å². The molecular formula is C19H32ClN3O4S. The molecule has 0 atom stereocenters. The second kappa shape index (κ2) is 12.3. The standard InChI is InChI=1S/C19H31N3O4S.ClH/c1-3-26-17-4-6-18(7-5-17)27(24,25)21-13-9-19(23)22-14-10-16(11-15-22)8-12-20-2;/h4-7,16,20-21H,3,8-15H2,1-2H3;1H. The summed E-state index contributed by atoms with van der Waals surface area (Å²) in [6.45, 7) is 5.03. The molecule has 1 aromatic rings. The predicted octanol–water partition coefficient (Wildman–Crippen LogP) is 2.02. The fourth-order valence-corrected chi connectivity index (χ4v) is 4.27. The van der Waals surface area contributed by atoms with Crippen LogP contribution in [0.1, 0.15) is 32.6 Å². The highest BCUT2D eigenvalue weighted by Crippen LogP contribution is 2.20. The van der Waals surface area contributed by atoms with Gasteiger partial charge >= 0.3 is 0 Å². The van der Waals surface area contributed by atoms with Gasteiger partial charge in [0.1, 0.15) is 5.75 Å². The van der Waals surface area contributed by atoms with Crippen LogP contribution in [0.2, 0.25) is 0 Å². The van der Waals surface area contributed by atoms with Gasteiger partial charge < -0.3 is 15.0 Å². The highest BCUT2D eigenvalue weighted by molar-refractivity contribution is 7.89. The Morgan fingerprint density at radius 1 is 1.18 bits per heavy atom. The number of rotatable bonds is 10. The number of hydrogen-bond donors (Lipinski definition) is 2. The summed E-state index contributed by atoms with van der Waals surface area (Å²) in [5, 5.41) is 3.16. The molecule has 28 heavy (non-hydrogen) atoms. The molecule has 0 saturated carbocycles. The Morgan fingerprint density at radius 2 is 1.82 bits per heavy atom. The van der Waals surface area contributed by atoms with Crippen LogP contribution in [-0.2, 0) is 14.8 Å². The van der Waals surface area contributed by atoms with E-state index in [1.807, 2.05) is 18.9 Å². The van der Waals surface area contributed by atoms with E-state index < -0.39 is 10.0 Å². The Bertz CT molecular complexity index is 690. The first kappa shape index (κ1) is 24.7. The molecule has 1 heterocycles. The van der Waals surface area contributed by atoms with Crippen LogP contribution in [0.4, 0.5) is 0 Å². The second-order valence-corrected chi connectivity index (χ2v) is 8.54. The highest BCUT2D eigenvalue weighted by Gasteiger charge is 2.22. The number of nitrogens with one attached hydrogen (secondary N) is 2. The van der Waals surface area contributed by atoms with Crippen LogP contribution in [0.3, 0.4) is 0 Å². The van der Waals surface area contributed by atoms with E-state index in [0.29, 0.717) is 18.3 Å². The number of likely N-dealkylation sites (tertiary alicyclic amines) is 1. The van der Waals surface area contributed by atoms with Gasteiger partial charge in [0.2, 0.25) is 15.9 Å². The molecular weight excluding hydrogens is 402 g/mol. The number of benzene rings is 1. The fourth-order valence-electron chi connectivity index (χ4n) is 3.23. The Hall–Kier alpha value is -1.35. The number of hydrogen-bond acceptors (Lipinski definition) is 5. The van der Waals surface area contributed by atoms with Crippen molar-refractivity contribution in [2.75, 3.05) is 39.8 Å². The van der Waals surface area contributed by atoms with Crippen molar-refractivity contribution in [1.82, 2.24) is 14.9 Å². The predicted molar refractivity (Wildman–Crippen MR) is 113 cm³/mol. The van der Waals surface area contributed by atoms with E-state index in [2.05, 4.69) is 10.0 Å². The smallest absolute Gasteiger partial charge is 0.240 e.